The molecule has 0 unspecified atom stereocenters. The summed E-state index contributed by atoms with van der Waals surface area (Å²) in [6.07, 6.45) is 0.565. The topological polar surface area (TPSA) is 92.0 Å². The van der Waals surface area contributed by atoms with E-state index < -0.39 is 12.1 Å². The van der Waals surface area contributed by atoms with Crippen LogP contribution in [0.2, 0.25) is 5.02 Å². The van der Waals surface area contributed by atoms with Gasteiger partial charge in [-0.05, 0) is 48.0 Å². The summed E-state index contributed by atoms with van der Waals surface area (Å²) in [7, 11) is 1.45. The lowest BCUT2D eigenvalue weighted by atomic mass is 10.2. The highest BCUT2D eigenvalue weighted by Gasteiger charge is 2.23. The van der Waals surface area contributed by atoms with E-state index in [-0.39, 0.29) is 28.7 Å². The van der Waals surface area contributed by atoms with E-state index >= 15 is 0 Å². The molecule has 10 heteroatoms. The smallest absolute Gasteiger partial charge is 0.347 e. The molecule has 0 bridgehead atoms. The van der Waals surface area contributed by atoms with Gasteiger partial charge in [0.15, 0.2) is 23.4 Å². The second-order valence-corrected chi connectivity index (χ2v) is 8.99. The first-order valence-corrected chi connectivity index (χ1v) is 12.5. The van der Waals surface area contributed by atoms with Gasteiger partial charge in [-0.3, -0.25) is 4.79 Å². The first-order valence-electron chi connectivity index (χ1n) is 11.4. The van der Waals surface area contributed by atoms with Gasteiger partial charge in [-0.1, -0.05) is 54.1 Å². The average molecular weight is 585 g/mol. The minimum absolute atomic E-state index is 0.170. The van der Waals surface area contributed by atoms with E-state index in [2.05, 4.69) is 21.0 Å². The second-order valence-electron chi connectivity index (χ2n) is 7.82. The van der Waals surface area contributed by atoms with Crippen LogP contribution in [0.1, 0.15) is 19.4 Å². The first kappa shape index (κ1) is 26.4. The van der Waals surface area contributed by atoms with Crippen molar-refractivity contribution in [1.82, 2.24) is 9.66 Å². The van der Waals surface area contributed by atoms with Crippen molar-refractivity contribution in [2.45, 2.75) is 20.0 Å². The van der Waals surface area contributed by atoms with E-state index in [0.717, 1.165) is 5.56 Å². The van der Waals surface area contributed by atoms with Crippen molar-refractivity contribution >= 4 is 50.6 Å². The average Bonchev–Trinajstić information content (AvgIpc) is 2.92. The van der Waals surface area contributed by atoms with E-state index in [1.54, 1.807) is 38.1 Å². The number of para-hydroxylation sites is 1. The van der Waals surface area contributed by atoms with Crippen LogP contribution in [-0.2, 0) is 9.53 Å². The van der Waals surface area contributed by atoms with Gasteiger partial charge in [0.25, 0.3) is 5.56 Å². The number of halogens is 2. The zero-order valence-corrected chi connectivity index (χ0v) is 22.6. The van der Waals surface area contributed by atoms with Crippen molar-refractivity contribution in [1.29, 1.82) is 0 Å². The SMILES string of the molecule is CCOC(=O)[C@H](C)Oc1c(OC)cc(C=Nn2c(-c3ccccc3)nc3ccccc3c2=O)c(Br)c1Cl. The molecule has 37 heavy (non-hydrogen) atoms. The van der Waals surface area contributed by atoms with Gasteiger partial charge in [0.05, 0.1) is 30.8 Å². The van der Waals surface area contributed by atoms with Crippen molar-refractivity contribution < 1.29 is 19.0 Å². The van der Waals surface area contributed by atoms with Crippen LogP contribution < -0.4 is 15.0 Å². The van der Waals surface area contributed by atoms with E-state index in [1.165, 1.54) is 18.0 Å². The Kier molecular flexibility index (Phi) is 8.25. The maximum atomic E-state index is 13.4. The summed E-state index contributed by atoms with van der Waals surface area (Å²) in [6.45, 7) is 3.49. The summed E-state index contributed by atoms with van der Waals surface area (Å²) in [6, 6.07) is 18.1. The molecular formula is C27H23BrClN3O5. The molecule has 1 aromatic heterocycles. The number of methoxy groups -OCH3 is 1. The van der Waals surface area contributed by atoms with Gasteiger partial charge in [-0.25, -0.2) is 9.78 Å². The zero-order chi connectivity index (χ0) is 26.5. The van der Waals surface area contributed by atoms with Crippen LogP contribution in [0.3, 0.4) is 0 Å². The Morgan fingerprint density at radius 3 is 2.59 bits per heavy atom. The van der Waals surface area contributed by atoms with Crippen LogP contribution >= 0.6 is 27.5 Å². The molecule has 0 amide bonds. The number of fused-ring (bicyclic) bond motifs is 1. The van der Waals surface area contributed by atoms with Gasteiger partial charge < -0.3 is 14.2 Å². The summed E-state index contributed by atoms with van der Waals surface area (Å²) >= 11 is 10.0. The molecule has 4 aromatic rings. The molecule has 0 fully saturated rings. The van der Waals surface area contributed by atoms with Gasteiger partial charge in [0, 0.05) is 15.6 Å². The molecule has 4 rings (SSSR count). The van der Waals surface area contributed by atoms with E-state index in [9.17, 15) is 9.59 Å². The van der Waals surface area contributed by atoms with Gasteiger partial charge in [0.2, 0.25) is 0 Å². The van der Waals surface area contributed by atoms with E-state index in [0.29, 0.717) is 26.8 Å². The molecule has 0 aliphatic heterocycles. The monoisotopic (exact) mass is 583 g/mol. The third-order valence-electron chi connectivity index (χ3n) is 5.39. The van der Waals surface area contributed by atoms with Crippen molar-refractivity contribution in [3.05, 3.63) is 86.1 Å². The predicted octanol–water partition coefficient (Wildman–Crippen LogP) is 5.70. The largest absolute Gasteiger partial charge is 0.493 e. The molecule has 1 heterocycles. The number of nitrogens with zero attached hydrogens (tertiary/aromatic N) is 3. The maximum Gasteiger partial charge on any atom is 0.347 e. The summed E-state index contributed by atoms with van der Waals surface area (Å²) < 4.78 is 17.9. The molecule has 8 nitrogen and oxygen atoms in total. The number of ether oxygens (including phenoxy) is 3. The van der Waals surface area contributed by atoms with Gasteiger partial charge in [-0.2, -0.15) is 9.78 Å². The molecule has 1 atom stereocenters. The van der Waals surface area contributed by atoms with Gasteiger partial charge in [0.1, 0.15) is 5.02 Å². The third-order valence-corrected chi connectivity index (χ3v) is 6.83. The lowest BCUT2D eigenvalue weighted by molar-refractivity contribution is -0.150. The zero-order valence-electron chi connectivity index (χ0n) is 20.3. The predicted molar refractivity (Wildman–Crippen MR) is 147 cm³/mol. The van der Waals surface area contributed by atoms with Crippen LogP contribution in [0.15, 0.2) is 75.0 Å². The molecule has 0 spiro atoms. The Hall–Kier alpha value is -3.69. The number of hydrogen-bond donors (Lipinski definition) is 0. The fourth-order valence-corrected chi connectivity index (χ4v) is 4.21. The molecule has 0 aliphatic carbocycles. The summed E-state index contributed by atoms with van der Waals surface area (Å²) in [5.41, 5.74) is 1.49. The fraction of sp³-hybridized carbons (Fsp3) is 0.185. The molecule has 0 N–H and O–H groups in total. The first-order chi connectivity index (χ1) is 17.8. The van der Waals surface area contributed by atoms with Gasteiger partial charge >= 0.3 is 5.97 Å². The Bertz CT molecular complexity index is 1540. The van der Waals surface area contributed by atoms with Crippen molar-refractivity contribution in [2.75, 3.05) is 13.7 Å². The quantitative estimate of drug-likeness (QED) is 0.195. The Morgan fingerprint density at radius 2 is 1.89 bits per heavy atom. The highest BCUT2D eigenvalue weighted by molar-refractivity contribution is 9.10. The minimum atomic E-state index is -0.909. The van der Waals surface area contributed by atoms with Crippen molar-refractivity contribution in [3.63, 3.8) is 0 Å². The lowest BCUT2D eigenvalue weighted by Crippen LogP contribution is -2.26. The molecule has 0 saturated carbocycles. The number of hydrogen-bond acceptors (Lipinski definition) is 7. The second kappa shape index (κ2) is 11.6. The molecule has 190 valence electrons. The minimum Gasteiger partial charge on any atom is -0.493 e. The number of benzene rings is 3. The summed E-state index contributed by atoms with van der Waals surface area (Å²) in [4.78, 5) is 30.1. The van der Waals surface area contributed by atoms with Crippen LogP contribution in [-0.4, -0.2) is 41.7 Å². The number of rotatable bonds is 8. The van der Waals surface area contributed by atoms with Crippen LogP contribution in [0.4, 0.5) is 0 Å². The highest BCUT2D eigenvalue weighted by atomic mass is 79.9. The van der Waals surface area contributed by atoms with Crippen molar-refractivity contribution in [2.24, 2.45) is 5.10 Å². The molecule has 0 radical (unpaired) electrons. The maximum absolute atomic E-state index is 13.4. The molecule has 0 aliphatic rings. The Labute approximate surface area is 226 Å². The van der Waals surface area contributed by atoms with Crippen LogP contribution in [0.5, 0.6) is 11.5 Å². The van der Waals surface area contributed by atoms with Crippen LogP contribution in [0.25, 0.3) is 22.3 Å². The van der Waals surface area contributed by atoms with Gasteiger partial charge in [-0.15, -0.1) is 0 Å². The molecule has 0 saturated heterocycles. The number of esters is 1. The standard InChI is InChI=1S/C27H23BrClN3O5/c1-4-36-27(34)16(2)37-24-21(35-3)14-18(22(28)23(24)29)15-30-32-25(17-10-6-5-7-11-17)31-20-13-9-8-12-19(20)26(32)33/h5-16H,4H2,1-3H3/t16-/m0/s1. The normalized spacial score (nSPS) is 12.0. The summed E-state index contributed by atoms with van der Waals surface area (Å²) in [5.74, 6) is 0.304. The Balaban J connectivity index is 1.80. The number of carbonyl (C=O) groups is 1. The Morgan fingerprint density at radius 1 is 1.19 bits per heavy atom. The third kappa shape index (κ3) is 5.52. The summed E-state index contributed by atoms with van der Waals surface area (Å²) in [5, 5.41) is 5.09. The van der Waals surface area contributed by atoms with Crippen LogP contribution in [0, 0.1) is 0 Å². The van der Waals surface area contributed by atoms with Crippen molar-refractivity contribution in [3.8, 4) is 22.9 Å². The number of aromatic nitrogens is 2. The lowest BCUT2D eigenvalue weighted by Gasteiger charge is -2.18. The van der Waals surface area contributed by atoms with E-state index in [4.69, 9.17) is 30.8 Å². The molecular weight excluding hydrogens is 562 g/mol. The number of carbonyl (C=O) groups excluding carboxylic acids is 1. The fourth-order valence-electron chi connectivity index (χ4n) is 3.57. The highest BCUT2D eigenvalue weighted by Crippen LogP contribution is 2.42. The molecule has 3 aromatic carbocycles. The van der Waals surface area contributed by atoms with E-state index in [1.807, 2.05) is 36.4 Å².